The fraction of sp³-hybridized carbons (Fsp3) is 0.450. The van der Waals surface area contributed by atoms with Crippen LogP contribution >= 0.6 is 11.8 Å². The average molecular weight is 401 g/mol. The summed E-state index contributed by atoms with van der Waals surface area (Å²) in [7, 11) is 0. The number of rotatable bonds is 6. The number of carbonyl (C=O) groups excluding carboxylic acids is 1. The lowest BCUT2D eigenvalue weighted by molar-refractivity contribution is -0.128. The fourth-order valence-electron chi connectivity index (χ4n) is 3.45. The molecular weight excluding hydrogens is 376 g/mol. The van der Waals surface area contributed by atoms with Gasteiger partial charge in [0.2, 0.25) is 5.91 Å². The second-order valence-corrected chi connectivity index (χ2v) is 7.89. The summed E-state index contributed by atoms with van der Waals surface area (Å²) in [4.78, 5) is 14.6. The fourth-order valence-corrected chi connectivity index (χ4v) is 4.29. The zero-order chi connectivity index (χ0) is 19.3. The highest BCUT2D eigenvalue weighted by atomic mass is 32.2. The molecule has 0 spiro atoms. The molecule has 0 aromatic carbocycles. The van der Waals surface area contributed by atoms with E-state index in [4.69, 9.17) is 8.83 Å². The zero-order valence-corrected chi connectivity index (χ0v) is 16.8. The molecule has 0 atom stereocenters. The third-order valence-corrected chi connectivity index (χ3v) is 5.95. The Morgan fingerprint density at radius 3 is 2.61 bits per heavy atom. The van der Waals surface area contributed by atoms with Crippen molar-refractivity contribution in [2.75, 3.05) is 18.8 Å². The number of aryl methyl sites for hydroxylation is 1. The highest BCUT2D eigenvalue weighted by molar-refractivity contribution is 7.99. The van der Waals surface area contributed by atoms with Crippen LogP contribution in [0, 0.1) is 6.92 Å². The summed E-state index contributed by atoms with van der Waals surface area (Å²) in [5.74, 6) is 2.83. The van der Waals surface area contributed by atoms with Gasteiger partial charge in [0.05, 0.1) is 30.4 Å². The molecule has 1 saturated heterocycles. The summed E-state index contributed by atoms with van der Waals surface area (Å²) >= 11 is 1.43. The molecule has 3 aromatic rings. The highest BCUT2D eigenvalue weighted by Gasteiger charge is 2.21. The molecule has 0 saturated carbocycles. The van der Waals surface area contributed by atoms with Gasteiger partial charge in [-0.25, -0.2) is 0 Å². The van der Waals surface area contributed by atoms with E-state index in [1.807, 2.05) is 34.6 Å². The van der Waals surface area contributed by atoms with Gasteiger partial charge in [-0.1, -0.05) is 24.6 Å². The summed E-state index contributed by atoms with van der Waals surface area (Å²) < 4.78 is 12.9. The third kappa shape index (κ3) is 4.16. The number of thioether (sulfide) groups is 1. The Kier molecular flexibility index (Phi) is 5.85. The van der Waals surface area contributed by atoms with E-state index >= 15 is 0 Å². The van der Waals surface area contributed by atoms with Gasteiger partial charge < -0.3 is 13.7 Å². The van der Waals surface area contributed by atoms with Crippen LogP contribution in [0.2, 0.25) is 0 Å². The predicted octanol–water partition coefficient (Wildman–Crippen LogP) is 3.98. The van der Waals surface area contributed by atoms with E-state index in [2.05, 4.69) is 10.2 Å². The van der Waals surface area contributed by atoms with Crippen molar-refractivity contribution in [3.05, 3.63) is 42.2 Å². The van der Waals surface area contributed by atoms with E-state index in [0.717, 1.165) is 43.0 Å². The lowest BCUT2D eigenvalue weighted by Gasteiger charge is -2.19. The van der Waals surface area contributed by atoms with Crippen molar-refractivity contribution in [3.63, 3.8) is 0 Å². The molecule has 4 heterocycles. The number of hydrogen-bond donors (Lipinski definition) is 0. The van der Waals surface area contributed by atoms with Crippen LogP contribution in [0.5, 0.6) is 0 Å². The predicted molar refractivity (Wildman–Crippen MR) is 106 cm³/mol. The van der Waals surface area contributed by atoms with Gasteiger partial charge in [0.1, 0.15) is 11.5 Å². The van der Waals surface area contributed by atoms with Crippen molar-refractivity contribution in [2.45, 2.75) is 44.3 Å². The van der Waals surface area contributed by atoms with Crippen LogP contribution in [-0.2, 0) is 11.3 Å². The number of aromatic nitrogens is 3. The minimum absolute atomic E-state index is 0.167. The molecule has 7 nitrogen and oxygen atoms in total. The van der Waals surface area contributed by atoms with Gasteiger partial charge in [0.25, 0.3) is 0 Å². The minimum atomic E-state index is 0.167. The van der Waals surface area contributed by atoms with Crippen molar-refractivity contribution in [1.29, 1.82) is 0 Å². The van der Waals surface area contributed by atoms with Crippen molar-refractivity contribution in [3.8, 4) is 11.4 Å². The van der Waals surface area contributed by atoms with Crippen LogP contribution in [0.4, 0.5) is 0 Å². The molecule has 28 heavy (non-hydrogen) atoms. The number of furan rings is 2. The SMILES string of the molecule is Cc1occc1-c1nnc(SCC(=O)N2CCCCCC2)n1Cc1ccco1. The van der Waals surface area contributed by atoms with Gasteiger partial charge in [0, 0.05) is 13.1 Å². The van der Waals surface area contributed by atoms with E-state index in [0.29, 0.717) is 23.3 Å². The van der Waals surface area contributed by atoms with E-state index < -0.39 is 0 Å². The first kappa shape index (κ1) is 18.9. The number of likely N-dealkylation sites (tertiary alicyclic amines) is 1. The van der Waals surface area contributed by atoms with Crippen LogP contribution < -0.4 is 0 Å². The standard InChI is InChI=1S/C20H24N4O3S/c1-15-17(8-12-26-15)19-21-22-20(24(19)13-16-7-6-11-27-16)28-14-18(25)23-9-4-2-3-5-10-23/h6-8,11-12H,2-5,9-10,13-14H2,1H3. The maximum absolute atomic E-state index is 12.7. The van der Waals surface area contributed by atoms with Gasteiger partial charge >= 0.3 is 0 Å². The van der Waals surface area contributed by atoms with Gasteiger partial charge in [-0.05, 0) is 38.0 Å². The normalized spacial score (nSPS) is 15.0. The Morgan fingerprint density at radius 1 is 1.11 bits per heavy atom. The molecule has 148 valence electrons. The lowest BCUT2D eigenvalue weighted by atomic mass is 10.2. The van der Waals surface area contributed by atoms with Crippen LogP contribution in [0.25, 0.3) is 11.4 Å². The molecule has 0 N–H and O–H groups in total. The molecule has 4 rings (SSSR count). The van der Waals surface area contributed by atoms with Gasteiger partial charge in [0.15, 0.2) is 11.0 Å². The summed E-state index contributed by atoms with van der Waals surface area (Å²) in [6, 6.07) is 5.66. The first-order valence-electron chi connectivity index (χ1n) is 9.63. The van der Waals surface area contributed by atoms with Gasteiger partial charge in [-0.3, -0.25) is 9.36 Å². The van der Waals surface area contributed by atoms with Crippen molar-refractivity contribution in [1.82, 2.24) is 19.7 Å². The van der Waals surface area contributed by atoms with Crippen molar-refractivity contribution in [2.24, 2.45) is 0 Å². The Bertz CT molecular complexity index is 908. The summed E-state index contributed by atoms with van der Waals surface area (Å²) in [6.45, 7) is 4.12. The number of nitrogens with zero attached hydrogens (tertiary/aromatic N) is 4. The van der Waals surface area contributed by atoms with Crippen LogP contribution in [0.15, 0.2) is 44.7 Å². The maximum atomic E-state index is 12.7. The van der Waals surface area contributed by atoms with E-state index in [-0.39, 0.29) is 5.91 Å². The van der Waals surface area contributed by atoms with E-state index in [9.17, 15) is 4.79 Å². The highest BCUT2D eigenvalue weighted by Crippen LogP contribution is 2.28. The molecule has 0 aliphatic carbocycles. The van der Waals surface area contributed by atoms with Crippen LogP contribution in [-0.4, -0.2) is 44.4 Å². The second kappa shape index (κ2) is 8.68. The van der Waals surface area contributed by atoms with Crippen LogP contribution in [0.3, 0.4) is 0 Å². The number of carbonyl (C=O) groups is 1. The molecule has 1 aliphatic rings. The molecular formula is C20H24N4O3S. The summed E-state index contributed by atoms with van der Waals surface area (Å²) in [5.41, 5.74) is 0.893. The summed E-state index contributed by atoms with van der Waals surface area (Å²) in [6.07, 6.45) is 7.90. The molecule has 0 unspecified atom stereocenters. The Balaban J connectivity index is 1.53. The Labute approximate surface area is 168 Å². The first-order valence-corrected chi connectivity index (χ1v) is 10.6. The topological polar surface area (TPSA) is 77.3 Å². The maximum Gasteiger partial charge on any atom is 0.233 e. The Morgan fingerprint density at radius 2 is 1.93 bits per heavy atom. The Hall–Kier alpha value is -2.48. The molecule has 0 bridgehead atoms. The van der Waals surface area contributed by atoms with Gasteiger partial charge in [-0.2, -0.15) is 0 Å². The monoisotopic (exact) mass is 400 g/mol. The second-order valence-electron chi connectivity index (χ2n) is 6.95. The number of amides is 1. The molecule has 1 amide bonds. The average Bonchev–Trinajstić information content (AvgIpc) is 3.39. The van der Waals surface area contributed by atoms with Crippen molar-refractivity contribution < 1.29 is 13.6 Å². The van der Waals surface area contributed by atoms with Crippen molar-refractivity contribution >= 4 is 17.7 Å². The van der Waals surface area contributed by atoms with E-state index in [1.54, 1.807) is 12.5 Å². The van der Waals surface area contributed by atoms with Crippen LogP contribution in [0.1, 0.15) is 37.2 Å². The zero-order valence-electron chi connectivity index (χ0n) is 16.0. The lowest BCUT2D eigenvalue weighted by Crippen LogP contribution is -2.33. The first-order chi connectivity index (χ1) is 13.7. The third-order valence-electron chi connectivity index (χ3n) is 4.99. The molecule has 3 aromatic heterocycles. The quantitative estimate of drug-likeness (QED) is 0.583. The van der Waals surface area contributed by atoms with E-state index in [1.165, 1.54) is 24.6 Å². The smallest absolute Gasteiger partial charge is 0.233 e. The number of hydrogen-bond acceptors (Lipinski definition) is 6. The molecule has 0 radical (unpaired) electrons. The van der Waals surface area contributed by atoms with Gasteiger partial charge in [-0.15, -0.1) is 10.2 Å². The molecule has 8 heteroatoms. The minimum Gasteiger partial charge on any atom is -0.469 e. The summed E-state index contributed by atoms with van der Waals surface area (Å²) in [5, 5.41) is 9.43. The molecule has 1 aliphatic heterocycles. The largest absolute Gasteiger partial charge is 0.469 e. The molecule has 1 fully saturated rings.